The van der Waals surface area contributed by atoms with Gasteiger partial charge in [0.1, 0.15) is 17.5 Å². The summed E-state index contributed by atoms with van der Waals surface area (Å²) in [6.45, 7) is 5.29. The van der Waals surface area contributed by atoms with Crippen LogP contribution in [0.1, 0.15) is 43.5 Å². The Balaban J connectivity index is 1.61. The fourth-order valence-corrected chi connectivity index (χ4v) is 3.03. The van der Waals surface area contributed by atoms with Crippen LogP contribution in [0.3, 0.4) is 0 Å². The highest BCUT2D eigenvalue weighted by Gasteiger charge is 2.22. The molecule has 2 atom stereocenters. The van der Waals surface area contributed by atoms with Crippen LogP contribution in [0.15, 0.2) is 24.3 Å². The Kier molecular flexibility index (Phi) is 4.01. The molecule has 3 rings (SSSR count). The van der Waals surface area contributed by atoms with E-state index in [4.69, 9.17) is 0 Å². The van der Waals surface area contributed by atoms with Gasteiger partial charge in [-0.2, -0.15) is 0 Å². The van der Waals surface area contributed by atoms with Gasteiger partial charge in [0.25, 0.3) is 0 Å². The van der Waals surface area contributed by atoms with Gasteiger partial charge >= 0.3 is 0 Å². The highest BCUT2D eigenvalue weighted by atomic mass is 19.1. The van der Waals surface area contributed by atoms with Crippen LogP contribution >= 0.6 is 0 Å². The largest absolute Gasteiger partial charge is 0.314 e. The number of aryl methyl sites for hydroxylation is 1. The van der Waals surface area contributed by atoms with Crippen molar-refractivity contribution in [2.75, 3.05) is 0 Å². The molecular weight excluding hydrogens is 267 g/mol. The molecule has 0 radical (unpaired) electrons. The van der Waals surface area contributed by atoms with Gasteiger partial charge < -0.3 is 9.88 Å². The molecule has 21 heavy (non-hydrogen) atoms. The molecule has 1 aromatic heterocycles. The van der Waals surface area contributed by atoms with Crippen molar-refractivity contribution in [1.29, 1.82) is 0 Å². The number of halogens is 1. The highest BCUT2D eigenvalue weighted by molar-refractivity contribution is 5.17. The van der Waals surface area contributed by atoms with E-state index in [9.17, 15) is 4.39 Å². The standard InChI is InChI=1S/C16H21FN4/c1-11(10-13-5-7-14(17)8-6-13)18-12(2)16-20-19-15-4-3-9-21(15)16/h5-8,11-12,18H,3-4,9-10H2,1-2H3. The maximum Gasteiger partial charge on any atom is 0.149 e. The molecule has 0 fully saturated rings. The van der Waals surface area contributed by atoms with Crippen LogP contribution in [-0.2, 0) is 19.4 Å². The van der Waals surface area contributed by atoms with Crippen LogP contribution in [0.2, 0.25) is 0 Å². The maximum atomic E-state index is 12.9. The Morgan fingerprint density at radius 3 is 2.76 bits per heavy atom. The third-order valence-corrected chi connectivity index (χ3v) is 4.02. The lowest BCUT2D eigenvalue weighted by Gasteiger charge is -2.20. The number of nitrogens with one attached hydrogen (secondary N) is 1. The third-order valence-electron chi connectivity index (χ3n) is 4.02. The summed E-state index contributed by atoms with van der Waals surface area (Å²) in [5, 5.41) is 12.1. The molecule has 5 heteroatoms. The number of benzene rings is 1. The molecule has 0 spiro atoms. The molecule has 1 aromatic carbocycles. The van der Waals surface area contributed by atoms with Gasteiger partial charge in [-0.25, -0.2) is 4.39 Å². The van der Waals surface area contributed by atoms with E-state index in [1.54, 1.807) is 0 Å². The summed E-state index contributed by atoms with van der Waals surface area (Å²) in [4.78, 5) is 0. The average molecular weight is 288 g/mol. The first kappa shape index (κ1) is 14.2. The van der Waals surface area contributed by atoms with Gasteiger partial charge in [0.15, 0.2) is 0 Å². The maximum absolute atomic E-state index is 12.9. The third kappa shape index (κ3) is 3.13. The Bertz CT molecular complexity index is 605. The number of fused-ring (bicyclic) bond motifs is 1. The first-order valence-electron chi connectivity index (χ1n) is 7.56. The number of aromatic nitrogens is 3. The molecule has 2 heterocycles. The first-order valence-corrected chi connectivity index (χ1v) is 7.56. The number of rotatable bonds is 5. The molecule has 0 saturated carbocycles. The summed E-state index contributed by atoms with van der Waals surface area (Å²) in [6, 6.07) is 7.16. The predicted molar refractivity (Wildman–Crippen MR) is 79.5 cm³/mol. The Labute approximate surface area is 124 Å². The van der Waals surface area contributed by atoms with Gasteiger partial charge in [-0.1, -0.05) is 12.1 Å². The first-order chi connectivity index (χ1) is 10.1. The Morgan fingerprint density at radius 2 is 2.00 bits per heavy atom. The second-order valence-electron chi connectivity index (χ2n) is 5.85. The van der Waals surface area contributed by atoms with Crippen LogP contribution in [0, 0.1) is 5.82 Å². The minimum Gasteiger partial charge on any atom is -0.314 e. The van der Waals surface area contributed by atoms with Gasteiger partial charge in [-0.05, 0) is 44.4 Å². The van der Waals surface area contributed by atoms with Crippen LogP contribution in [0.5, 0.6) is 0 Å². The SMILES string of the molecule is CC(Cc1ccc(F)cc1)NC(C)c1nnc2n1CCC2. The minimum absolute atomic E-state index is 0.166. The zero-order valence-corrected chi connectivity index (χ0v) is 12.5. The quantitative estimate of drug-likeness (QED) is 0.919. The average Bonchev–Trinajstić information content (AvgIpc) is 3.03. The van der Waals surface area contributed by atoms with Crippen LogP contribution in [-0.4, -0.2) is 20.8 Å². The fourth-order valence-electron chi connectivity index (χ4n) is 3.03. The van der Waals surface area contributed by atoms with E-state index < -0.39 is 0 Å². The number of nitrogens with zero attached hydrogens (tertiary/aromatic N) is 3. The van der Waals surface area contributed by atoms with E-state index in [-0.39, 0.29) is 11.9 Å². The van der Waals surface area contributed by atoms with Gasteiger partial charge in [0.05, 0.1) is 6.04 Å². The molecular formula is C16H21FN4. The zero-order valence-electron chi connectivity index (χ0n) is 12.5. The van der Waals surface area contributed by atoms with Crippen LogP contribution < -0.4 is 5.32 Å². The van der Waals surface area contributed by atoms with Crippen molar-refractivity contribution in [3.63, 3.8) is 0 Å². The van der Waals surface area contributed by atoms with Crippen molar-refractivity contribution >= 4 is 0 Å². The van der Waals surface area contributed by atoms with Gasteiger partial charge in [-0.15, -0.1) is 10.2 Å². The van der Waals surface area contributed by atoms with E-state index in [1.807, 2.05) is 12.1 Å². The van der Waals surface area contributed by atoms with E-state index in [0.717, 1.165) is 43.0 Å². The number of hydrogen-bond acceptors (Lipinski definition) is 3. The predicted octanol–water partition coefficient (Wildman–Crippen LogP) is 2.65. The highest BCUT2D eigenvalue weighted by Crippen LogP contribution is 2.19. The second kappa shape index (κ2) is 5.93. The van der Waals surface area contributed by atoms with E-state index in [2.05, 4.69) is 33.9 Å². The monoisotopic (exact) mass is 288 g/mol. The van der Waals surface area contributed by atoms with E-state index >= 15 is 0 Å². The topological polar surface area (TPSA) is 42.7 Å². The van der Waals surface area contributed by atoms with Crippen molar-refractivity contribution in [2.24, 2.45) is 0 Å². The summed E-state index contributed by atoms with van der Waals surface area (Å²) in [5.41, 5.74) is 1.13. The molecule has 2 unspecified atom stereocenters. The van der Waals surface area contributed by atoms with E-state index in [1.165, 1.54) is 12.1 Å². The molecule has 0 amide bonds. The molecule has 0 saturated heterocycles. The van der Waals surface area contributed by atoms with Crippen LogP contribution in [0.25, 0.3) is 0 Å². The summed E-state index contributed by atoms with van der Waals surface area (Å²) in [6.07, 6.45) is 3.06. The molecule has 1 N–H and O–H groups in total. The van der Waals surface area contributed by atoms with Crippen molar-refractivity contribution in [3.05, 3.63) is 47.3 Å². The molecule has 0 bridgehead atoms. The summed E-state index contributed by atoms with van der Waals surface area (Å²) < 4.78 is 15.1. The number of hydrogen-bond donors (Lipinski definition) is 1. The Hall–Kier alpha value is -1.75. The lowest BCUT2D eigenvalue weighted by atomic mass is 10.1. The van der Waals surface area contributed by atoms with Crippen molar-refractivity contribution in [1.82, 2.24) is 20.1 Å². The van der Waals surface area contributed by atoms with E-state index in [0.29, 0.717) is 6.04 Å². The lowest BCUT2D eigenvalue weighted by molar-refractivity contribution is 0.447. The van der Waals surface area contributed by atoms with Crippen LogP contribution in [0.4, 0.5) is 4.39 Å². The molecule has 112 valence electrons. The van der Waals surface area contributed by atoms with Crippen molar-refractivity contribution in [3.8, 4) is 0 Å². The Morgan fingerprint density at radius 1 is 1.24 bits per heavy atom. The molecule has 2 aromatic rings. The molecule has 4 nitrogen and oxygen atoms in total. The fraction of sp³-hybridized carbons (Fsp3) is 0.500. The summed E-state index contributed by atoms with van der Waals surface area (Å²) in [5.74, 6) is 1.94. The molecule has 1 aliphatic heterocycles. The molecule has 0 aliphatic carbocycles. The second-order valence-corrected chi connectivity index (χ2v) is 5.85. The minimum atomic E-state index is -0.188. The molecule has 1 aliphatic rings. The zero-order chi connectivity index (χ0) is 14.8. The van der Waals surface area contributed by atoms with Gasteiger partial charge in [0.2, 0.25) is 0 Å². The normalized spacial score (nSPS) is 16.7. The smallest absolute Gasteiger partial charge is 0.149 e. The van der Waals surface area contributed by atoms with Gasteiger partial charge in [0, 0.05) is 19.0 Å². The summed E-state index contributed by atoms with van der Waals surface area (Å²) in [7, 11) is 0. The van der Waals surface area contributed by atoms with Crippen molar-refractivity contribution in [2.45, 2.75) is 51.7 Å². The van der Waals surface area contributed by atoms with Crippen molar-refractivity contribution < 1.29 is 4.39 Å². The van der Waals surface area contributed by atoms with Gasteiger partial charge in [-0.3, -0.25) is 0 Å². The lowest BCUT2D eigenvalue weighted by Crippen LogP contribution is -2.32. The summed E-state index contributed by atoms with van der Waals surface area (Å²) >= 11 is 0.